The monoisotopic (exact) mass is 479 g/mol. The van der Waals surface area contributed by atoms with Gasteiger partial charge in [0.25, 0.3) is 5.69 Å². The van der Waals surface area contributed by atoms with Gasteiger partial charge in [0, 0.05) is 50.3 Å². The summed E-state index contributed by atoms with van der Waals surface area (Å²) in [5.74, 6) is 0.843. The van der Waals surface area contributed by atoms with Gasteiger partial charge in [0.15, 0.2) is 6.20 Å². The molecule has 4 aromatic heterocycles. The highest BCUT2D eigenvalue weighted by Crippen LogP contribution is 2.39. The number of benzene rings is 4. The van der Waals surface area contributed by atoms with Gasteiger partial charge in [-0.15, -0.1) is 0 Å². The number of furan rings is 2. The lowest BCUT2D eigenvalue weighted by Gasteiger charge is -2.07. The van der Waals surface area contributed by atoms with E-state index in [9.17, 15) is 0 Å². The molecule has 176 valence electrons. The Labute approximate surface area is 212 Å². The molecule has 0 amide bonds. The minimum absolute atomic E-state index is 0.835. The number of nitrogens with zero attached hydrogens (tertiary/aromatic N) is 2. The number of para-hydroxylation sites is 3. The summed E-state index contributed by atoms with van der Waals surface area (Å²) in [5, 5.41) is 5.79. The molecule has 4 heteroatoms. The van der Waals surface area contributed by atoms with E-state index in [2.05, 4.69) is 101 Å². The topological polar surface area (TPSA) is 35.1 Å². The van der Waals surface area contributed by atoms with Gasteiger partial charge in [-0.2, -0.15) is 4.57 Å². The molecule has 8 aromatic rings. The molecule has 0 N–H and O–H groups in total. The first kappa shape index (κ1) is 20.4. The summed E-state index contributed by atoms with van der Waals surface area (Å²) in [4.78, 5) is 0. The van der Waals surface area contributed by atoms with Crippen LogP contribution in [0.3, 0.4) is 0 Å². The lowest BCUT2D eigenvalue weighted by Crippen LogP contribution is -2.30. The second-order valence-electron chi connectivity index (χ2n) is 9.72. The van der Waals surface area contributed by atoms with Gasteiger partial charge in [-0.05, 0) is 37.3 Å². The molecule has 37 heavy (non-hydrogen) atoms. The van der Waals surface area contributed by atoms with Crippen LogP contribution in [0.25, 0.3) is 71.9 Å². The van der Waals surface area contributed by atoms with Gasteiger partial charge in [0.2, 0.25) is 11.3 Å². The van der Waals surface area contributed by atoms with Crippen LogP contribution in [0.15, 0.2) is 112 Å². The van der Waals surface area contributed by atoms with Gasteiger partial charge in [0.05, 0.1) is 11.0 Å². The normalized spacial score (nSPS) is 12.1. The van der Waals surface area contributed by atoms with Crippen molar-refractivity contribution < 1.29 is 13.4 Å². The first-order valence-corrected chi connectivity index (χ1v) is 12.5. The minimum Gasteiger partial charge on any atom is -0.449 e. The Bertz CT molecular complexity index is 2120. The summed E-state index contributed by atoms with van der Waals surface area (Å²) in [6.45, 7) is 2.11. The third-order valence-electron chi connectivity index (χ3n) is 7.64. The highest BCUT2D eigenvalue weighted by Gasteiger charge is 2.27. The summed E-state index contributed by atoms with van der Waals surface area (Å²) in [7, 11) is 2.04. The number of rotatable bonds is 2. The van der Waals surface area contributed by atoms with Gasteiger partial charge in [-0.3, -0.25) is 0 Å². The van der Waals surface area contributed by atoms with Gasteiger partial charge in [0.1, 0.15) is 18.2 Å². The third-order valence-corrected chi connectivity index (χ3v) is 7.64. The van der Waals surface area contributed by atoms with Crippen LogP contribution in [0.4, 0.5) is 0 Å². The lowest BCUT2D eigenvalue weighted by atomic mass is 10.1. The number of pyridine rings is 1. The summed E-state index contributed by atoms with van der Waals surface area (Å²) >= 11 is 0. The van der Waals surface area contributed by atoms with Crippen LogP contribution in [0.5, 0.6) is 0 Å². The number of fused-ring (bicyclic) bond motifs is 7. The van der Waals surface area contributed by atoms with Gasteiger partial charge in [-0.1, -0.05) is 54.6 Å². The van der Waals surface area contributed by atoms with Gasteiger partial charge in [-0.25, -0.2) is 0 Å². The van der Waals surface area contributed by atoms with Gasteiger partial charge < -0.3 is 13.4 Å². The molecule has 0 spiro atoms. The van der Waals surface area contributed by atoms with Crippen molar-refractivity contribution in [3.8, 4) is 17.1 Å². The van der Waals surface area contributed by atoms with Crippen molar-refractivity contribution in [2.24, 2.45) is 7.05 Å². The lowest BCUT2D eigenvalue weighted by molar-refractivity contribution is -0.659. The highest BCUT2D eigenvalue weighted by molar-refractivity contribution is 6.11. The SMILES string of the molecule is Cc1c(-c2c3oc4cc(-n5c6ccccc6c6ccccc65)ccc4c3cc[n+]2C)oc2ccccc12. The van der Waals surface area contributed by atoms with Crippen LogP contribution >= 0.6 is 0 Å². The summed E-state index contributed by atoms with van der Waals surface area (Å²) < 4.78 is 17.4. The van der Waals surface area contributed by atoms with Crippen molar-refractivity contribution >= 4 is 54.7 Å². The fraction of sp³-hybridized carbons (Fsp3) is 0.0606. The number of aryl methyl sites for hydroxylation is 2. The minimum atomic E-state index is 0.835. The highest BCUT2D eigenvalue weighted by atomic mass is 16.3. The molecule has 0 aliphatic carbocycles. The van der Waals surface area contributed by atoms with E-state index in [4.69, 9.17) is 8.83 Å². The molecule has 0 bridgehead atoms. The van der Waals surface area contributed by atoms with Crippen LogP contribution in [-0.4, -0.2) is 4.57 Å². The van der Waals surface area contributed by atoms with E-state index in [0.29, 0.717) is 0 Å². The zero-order valence-electron chi connectivity index (χ0n) is 20.5. The van der Waals surface area contributed by atoms with E-state index in [1.807, 2.05) is 25.2 Å². The first-order valence-electron chi connectivity index (χ1n) is 12.5. The Balaban J connectivity index is 1.41. The van der Waals surface area contributed by atoms with E-state index < -0.39 is 0 Å². The molecule has 0 aliphatic rings. The Morgan fingerprint density at radius 3 is 2.03 bits per heavy atom. The predicted octanol–water partition coefficient (Wildman–Crippen LogP) is 8.23. The maximum Gasteiger partial charge on any atom is 0.291 e. The van der Waals surface area contributed by atoms with Crippen molar-refractivity contribution in [1.82, 2.24) is 4.57 Å². The van der Waals surface area contributed by atoms with Crippen molar-refractivity contribution in [2.45, 2.75) is 6.92 Å². The smallest absolute Gasteiger partial charge is 0.291 e. The van der Waals surface area contributed by atoms with E-state index in [1.165, 1.54) is 21.8 Å². The Kier molecular flexibility index (Phi) is 4.04. The average molecular weight is 480 g/mol. The van der Waals surface area contributed by atoms with Crippen molar-refractivity contribution in [3.63, 3.8) is 0 Å². The molecule has 0 aliphatic heterocycles. The molecule has 0 atom stereocenters. The number of aromatic nitrogens is 2. The summed E-state index contributed by atoms with van der Waals surface area (Å²) in [5.41, 5.74) is 8.09. The van der Waals surface area contributed by atoms with Crippen LogP contribution in [0.2, 0.25) is 0 Å². The number of hydrogen-bond donors (Lipinski definition) is 0. The first-order chi connectivity index (χ1) is 18.2. The number of hydrogen-bond acceptors (Lipinski definition) is 2. The average Bonchev–Trinajstić information content (AvgIpc) is 3.58. The molecule has 4 aromatic carbocycles. The fourth-order valence-corrected chi connectivity index (χ4v) is 5.87. The Morgan fingerprint density at radius 1 is 0.622 bits per heavy atom. The van der Waals surface area contributed by atoms with Crippen molar-refractivity contribution in [1.29, 1.82) is 0 Å². The summed E-state index contributed by atoms with van der Waals surface area (Å²) in [6.07, 6.45) is 2.08. The molecule has 4 nitrogen and oxygen atoms in total. The van der Waals surface area contributed by atoms with Crippen molar-refractivity contribution in [2.75, 3.05) is 0 Å². The molecule has 8 rings (SSSR count). The quantitative estimate of drug-likeness (QED) is 0.234. The summed E-state index contributed by atoms with van der Waals surface area (Å²) in [6, 6.07) is 34.0. The molecular weight excluding hydrogens is 456 g/mol. The van der Waals surface area contributed by atoms with Crippen LogP contribution < -0.4 is 4.57 Å². The largest absolute Gasteiger partial charge is 0.449 e. The van der Waals surface area contributed by atoms with Crippen LogP contribution in [0.1, 0.15) is 5.56 Å². The Hall–Kier alpha value is -4.83. The van der Waals surface area contributed by atoms with E-state index in [-0.39, 0.29) is 0 Å². The molecule has 0 fully saturated rings. The molecule has 0 saturated heterocycles. The molecule has 0 radical (unpaired) electrons. The zero-order valence-corrected chi connectivity index (χ0v) is 20.5. The fourth-order valence-electron chi connectivity index (χ4n) is 5.87. The third kappa shape index (κ3) is 2.75. The molecule has 0 saturated carbocycles. The molecular formula is C33H23N2O2+. The second kappa shape index (κ2) is 7.34. The van der Waals surface area contributed by atoms with Crippen LogP contribution in [0, 0.1) is 6.92 Å². The molecule has 4 heterocycles. The maximum absolute atomic E-state index is 6.64. The van der Waals surface area contributed by atoms with E-state index >= 15 is 0 Å². The van der Waals surface area contributed by atoms with E-state index in [0.717, 1.165) is 55.6 Å². The standard InChI is InChI=1S/C33H23N2O2/c1-20-22-9-5-8-14-29(22)36-32(20)31-33-26(17-18-34(31)2)25-16-15-21(19-30(25)37-33)35-27-12-6-3-10-23(27)24-11-4-7-13-28(24)35/h3-19H,1-2H3/q+1. The Morgan fingerprint density at radius 2 is 1.30 bits per heavy atom. The second-order valence-corrected chi connectivity index (χ2v) is 9.72. The van der Waals surface area contributed by atoms with E-state index in [1.54, 1.807) is 0 Å². The maximum atomic E-state index is 6.64. The van der Waals surface area contributed by atoms with Crippen molar-refractivity contribution in [3.05, 3.63) is 109 Å². The van der Waals surface area contributed by atoms with Crippen LogP contribution in [-0.2, 0) is 7.05 Å². The predicted molar refractivity (Wildman–Crippen MR) is 149 cm³/mol. The zero-order chi connectivity index (χ0) is 24.7. The van der Waals surface area contributed by atoms with Gasteiger partial charge >= 0.3 is 0 Å². The molecule has 0 unspecified atom stereocenters.